The molecule has 0 bridgehead atoms. The van der Waals surface area contributed by atoms with E-state index in [-0.39, 0.29) is 6.42 Å². The van der Waals surface area contributed by atoms with E-state index >= 15 is 0 Å². The Bertz CT molecular complexity index is 791. The predicted octanol–water partition coefficient (Wildman–Crippen LogP) is 2.16. The van der Waals surface area contributed by atoms with Gasteiger partial charge in [-0.25, -0.2) is 9.78 Å². The highest BCUT2D eigenvalue weighted by molar-refractivity contribution is 6.00. The molecule has 24 heavy (non-hydrogen) atoms. The molecular formula is C17H17N4O3+. The molecule has 0 spiro atoms. The Morgan fingerprint density at radius 2 is 2.33 bits per heavy atom. The van der Waals surface area contributed by atoms with Crippen LogP contribution in [0.5, 0.6) is 0 Å². The second kappa shape index (κ2) is 7.74. The van der Waals surface area contributed by atoms with Crippen molar-refractivity contribution in [3.05, 3.63) is 59.0 Å². The van der Waals surface area contributed by atoms with Crippen LogP contribution in [0.2, 0.25) is 0 Å². The van der Waals surface area contributed by atoms with Gasteiger partial charge in [-0.1, -0.05) is 12.7 Å². The number of nitrogens with zero attached hydrogens (tertiary/aromatic N) is 2. The maximum atomic E-state index is 12.5. The van der Waals surface area contributed by atoms with E-state index in [0.717, 1.165) is 0 Å². The number of amides is 1. The Labute approximate surface area is 139 Å². The van der Waals surface area contributed by atoms with Gasteiger partial charge in [0.05, 0.1) is 13.4 Å². The van der Waals surface area contributed by atoms with Crippen molar-refractivity contribution in [2.45, 2.75) is 12.5 Å². The van der Waals surface area contributed by atoms with Crippen LogP contribution in [0.15, 0.2) is 37.3 Å². The highest BCUT2D eigenvalue weighted by Crippen LogP contribution is 2.19. The van der Waals surface area contributed by atoms with Crippen molar-refractivity contribution in [3.63, 3.8) is 0 Å². The molecule has 0 unspecified atom stereocenters. The van der Waals surface area contributed by atoms with Crippen molar-refractivity contribution < 1.29 is 14.3 Å². The third-order valence-electron chi connectivity index (χ3n) is 3.42. The number of benzene rings is 1. The zero-order valence-electron chi connectivity index (χ0n) is 13.2. The van der Waals surface area contributed by atoms with Crippen LogP contribution in [0.4, 0.5) is 5.69 Å². The number of carbonyl (C=O) groups excluding carboxylic acids is 2. The summed E-state index contributed by atoms with van der Waals surface area (Å²) in [6, 6.07) is 3.95. The van der Waals surface area contributed by atoms with Crippen LogP contribution >= 0.6 is 0 Å². The van der Waals surface area contributed by atoms with Crippen molar-refractivity contribution in [1.29, 1.82) is 0 Å². The molecule has 1 aromatic heterocycles. The number of nitrogens with one attached hydrogen (secondary N) is 2. The molecule has 0 saturated carbocycles. The Kier molecular flexibility index (Phi) is 5.47. The number of hydrogen-bond donors (Lipinski definition) is 2. The standard InChI is InChI=1S/C17H16N4O3/c1-4-11-7-12(18-2)5-6-14(11)16(22)21-15(17(23)24-3)8-13-9-19-10-20-13/h2,4-7,9-10,15H,1,8H2,3H3,(H-,19,20,21,22)/p+1/t15-/m1/s1. The van der Waals surface area contributed by atoms with E-state index in [2.05, 4.69) is 26.7 Å². The van der Waals surface area contributed by atoms with Crippen LogP contribution in [0.3, 0.4) is 0 Å². The third-order valence-corrected chi connectivity index (χ3v) is 3.42. The Balaban J connectivity index is 2.22. The lowest BCUT2D eigenvalue weighted by atomic mass is 10.0. The van der Waals surface area contributed by atoms with Crippen LogP contribution < -0.4 is 5.32 Å². The lowest BCUT2D eigenvalue weighted by Crippen LogP contribution is -2.43. The van der Waals surface area contributed by atoms with Gasteiger partial charge in [0.2, 0.25) is 0 Å². The summed E-state index contributed by atoms with van der Waals surface area (Å²) >= 11 is 0. The molecule has 1 heterocycles. The molecule has 2 aromatic rings. The van der Waals surface area contributed by atoms with Crippen molar-refractivity contribution in [2.75, 3.05) is 7.11 Å². The van der Waals surface area contributed by atoms with Crippen LogP contribution in [0.25, 0.3) is 10.9 Å². The maximum Gasteiger partial charge on any atom is 0.340 e. The topological polar surface area (TPSA) is 88.4 Å². The number of aromatic amines is 1. The number of ether oxygens (including phenoxy) is 1. The Hall–Kier alpha value is -3.40. The third kappa shape index (κ3) is 3.87. The van der Waals surface area contributed by atoms with Gasteiger partial charge in [-0.05, 0) is 16.5 Å². The average Bonchev–Trinajstić information content (AvgIpc) is 3.12. The normalized spacial score (nSPS) is 11.2. The molecule has 7 heteroatoms. The molecule has 2 N–H and O–H groups in total. The molecule has 0 aliphatic heterocycles. The minimum absolute atomic E-state index is 0.234. The lowest BCUT2D eigenvalue weighted by molar-refractivity contribution is -0.142. The van der Waals surface area contributed by atoms with E-state index in [1.807, 2.05) is 0 Å². The molecule has 0 aliphatic carbocycles. The van der Waals surface area contributed by atoms with Crippen molar-refractivity contribution in [2.24, 2.45) is 0 Å². The Morgan fingerprint density at radius 3 is 2.92 bits per heavy atom. The Morgan fingerprint density at radius 1 is 1.54 bits per heavy atom. The summed E-state index contributed by atoms with van der Waals surface area (Å²) in [6.45, 7) is 8.91. The SMILES string of the molecule is C#[N+]c1ccc(C(=O)N[C@H](Cc2cnc[nH]2)C(=O)OC)c(C=C)c1. The van der Waals surface area contributed by atoms with Gasteiger partial charge >= 0.3 is 11.7 Å². The first-order chi connectivity index (χ1) is 11.6. The minimum Gasteiger partial charge on any atom is -0.467 e. The van der Waals surface area contributed by atoms with Gasteiger partial charge in [0.25, 0.3) is 12.5 Å². The highest BCUT2D eigenvalue weighted by Gasteiger charge is 2.24. The van der Waals surface area contributed by atoms with Gasteiger partial charge in [-0.3, -0.25) is 4.79 Å². The van der Waals surface area contributed by atoms with Gasteiger partial charge in [0.1, 0.15) is 6.04 Å². The number of rotatable bonds is 6. The summed E-state index contributed by atoms with van der Waals surface area (Å²) < 4.78 is 4.75. The minimum atomic E-state index is -0.848. The number of methoxy groups -OCH3 is 1. The van der Waals surface area contributed by atoms with Gasteiger partial charge in [-0.15, -0.1) is 0 Å². The van der Waals surface area contributed by atoms with Crippen LogP contribution in [0.1, 0.15) is 21.6 Å². The number of hydrogen-bond acceptors (Lipinski definition) is 4. The monoisotopic (exact) mass is 325 g/mol. The number of esters is 1. The van der Waals surface area contributed by atoms with Crippen molar-refractivity contribution >= 4 is 23.6 Å². The van der Waals surface area contributed by atoms with Crippen molar-refractivity contribution in [3.8, 4) is 6.57 Å². The first-order valence-corrected chi connectivity index (χ1v) is 7.12. The van der Waals surface area contributed by atoms with E-state index < -0.39 is 17.9 Å². The van der Waals surface area contributed by atoms with Crippen LogP contribution in [-0.2, 0) is 16.0 Å². The van der Waals surface area contributed by atoms with E-state index in [4.69, 9.17) is 11.3 Å². The van der Waals surface area contributed by atoms with Crippen LogP contribution in [-0.4, -0.2) is 35.0 Å². The molecule has 0 saturated heterocycles. The van der Waals surface area contributed by atoms with Gasteiger partial charge in [-0.2, -0.15) is 0 Å². The number of imidazole rings is 1. The average molecular weight is 325 g/mol. The molecule has 0 fully saturated rings. The lowest BCUT2D eigenvalue weighted by Gasteiger charge is -2.16. The second-order valence-corrected chi connectivity index (χ2v) is 4.93. The summed E-state index contributed by atoms with van der Waals surface area (Å²) in [6.07, 6.45) is 4.83. The fourth-order valence-corrected chi connectivity index (χ4v) is 2.19. The molecular weight excluding hydrogens is 308 g/mol. The zero-order chi connectivity index (χ0) is 17.5. The van der Waals surface area contributed by atoms with E-state index in [9.17, 15) is 9.59 Å². The smallest absolute Gasteiger partial charge is 0.340 e. The second-order valence-electron chi connectivity index (χ2n) is 4.93. The summed E-state index contributed by atoms with van der Waals surface area (Å²) in [5.41, 5.74) is 2.13. The van der Waals surface area contributed by atoms with Gasteiger partial charge < -0.3 is 15.0 Å². The summed E-state index contributed by atoms with van der Waals surface area (Å²) in [5, 5.41) is 2.66. The van der Waals surface area contributed by atoms with E-state index in [0.29, 0.717) is 22.5 Å². The molecule has 1 aromatic carbocycles. The predicted molar refractivity (Wildman–Crippen MR) is 90.1 cm³/mol. The molecule has 0 radical (unpaired) electrons. The summed E-state index contributed by atoms with van der Waals surface area (Å²) in [7, 11) is 1.27. The fourth-order valence-electron chi connectivity index (χ4n) is 2.19. The highest BCUT2D eigenvalue weighted by atomic mass is 16.5. The van der Waals surface area contributed by atoms with Crippen LogP contribution in [0, 0.1) is 6.57 Å². The molecule has 0 aliphatic rings. The maximum absolute atomic E-state index is 12.5. The number of aromatic nitrogens is 2. The molecule has 1 amide bonds. The largest absolute Gasteiger partial charge is 0.467 e. The molecule has 2 rings (SSSR count). The van der Waals surface area contributed by atoms with Crippen molar-refractivity contribution in [1.82, 2.24) is 15.3 Å². The zero-order valence-corrected chi connectivity index (χ0v) is 13.2. The first-order valence-electron chi connectivity index (χ1n) is 7.12. The molecule has 1 atom stereocenters. The summed E-state index contributed by atoms with van der Waals surface area (Å²) in [5.74, 6) is -0.977. The fraction of sp³-hybridized carbons (Fsp3) is 0.176. The van der Waals surface area contributed by atoms with Gasteiger partial charge in [0.15, 0.2) is 0 Å². The molecule has 7 nitrogen and oxygen atoms in total. The molecule has 122 valence electrons. The summed E-state index contributed by atoms with van der Waals surface area (Å²) in [4.78, 5) is 34.8. The quantitative estimate of drug-likeness (QED) is 0.797. The number of carbonyl (C=O) groups is 2. The number of H-pyrrole nitrogens is 1. The van der Waals surface area contributed by atoms with Gasteiger partial charge in [0, 0.05) is 36.0 Å². The van der Waals surface area contributed by atoms with E-state index in [1.54, 1.807) is 24.4 Å². The van der Waals surface area contributed by atoms with E-state index in [1.165, 1.54) is 19.5 Å². The first kappa shape index (κ1) is 17.0.